The molecule has 11 heteroatoms. The van der Waals surface area contributed by atoms with Gasteiger partial charge in [0.2, 0.25) is 0 Å². The van der Waals surface area contributed by atoms with Crippen LogP contribution < -0.4 is 10.6 Å². The first kappa shape index (κ1) is 49.5. The van der Waals surface area contributed by atoms with Crippen molar-refractivity contribution in [3.05, 3.63) is 109 Å². The van der Waals surface area contributed by atoms with Gasteiger partial charge in [0.1, 0.15) is 11.4 Å². The maximum Gasteiger partial charge on any atom is 0.115 e. The normalized spacial score (nSPS) is 17.6. The zero-order chi connectivity index (χ0) is 47.0. The highest BCUT2D eigenvalue weighted by molar-refractivity contribution is 5.93. The summed E-state index contributed by atoms with van der Waals surface area (Å²) >= 11 is 0. The van der Waals surface area contributed by atoms with Gasteiger partial charge in [-0.25, -0.2) is 0 Å². The van der Waals surface area contributed by atoms with E-state index >= 15 is 0 Å². The second-order valence-corrected chi connectivity index (χ2v) is 18.7. The molecule has 358 valence electrons. The van der Waals surface area contributed by atoms with E-state index in [0.29, 0.717) is 12.1 Å². The number of likely N-dealkylation sites (tertiary alicyclic amines) is 3. The van der Waals surface area contributed by atoms with Crippen LogP contribution in [0.15, 0.2) is 86.5 Å². The number of hydrogen-bond donors (Lipinski definition) is 4. The Morgan fingerprint density at radius 2 is 0.940 bits per heavy atom. The lowest BCUT2D eigenvalue weighted by atomic mass is 9.95. The fraction of sp³-hybridized carbons (Fsp3) is 0.500. The molecule has 2 aromatic carbocycles. The van der Waals surface area contributed by atoms with E-state index in [1.54, 1.807) is 0 Å². The highest BCUT2D eigenvalue weighted by atomic mass is 15.2. The number of H-pyrrole nitrogens is 2. The minimum Gasteiger partial charge on any atom is -0.381 e. The van der Waals surface area contributed by atoms with Crippen molar-refractivity contribution in [3.8, 4) is 22.3 Å². The molecule has 3 saturated heterocycles. The van der Waals surface area contributed by atoms with Crippen molar-refractivity contribution in [2.24, 2.45) is 0 Å². The molecule has 6 aromatic rings. The summed E-state index contributed by atoms with van der Waals surface area (Å²) in [6.45, 7) is 25.6. The average molecular weight is 906 g/mol. The molecule has 0 atom stereocenters. The zero-order valence-electron chi connectivity index (χ0n) is 41.5. The summed E-state index contributed by atoms with van der Waals surface area (Å²) in [6.07, 6.45) is 24.6. The number of nitrogens with zero attached hydrogens (tertiary/aromatic N) is 7. The molecule has 1 saturated carbocycles. The molecule has 11 nitrogen and oxygen atoms in total. The molecule has 0 radical (unpaired) electrons. The summed E-state index contributed by atoms with van der Waals surface area (Å²) in [5.41, 5.74) is 13.0. The van der Waals surface area contributed by atoms with E-state index in [0.717, 1.165) is 94.7 Å². The van der Waals surface area contributed by atoms with Crippen molar-refractivity contribution < 1.29 is 0 Å². The SMILES string of the molecule is C=C(NC1CCCCC1)c1n[nH]c2ccc(-c3cncc(CN4CCCCC4)c3)cc12.C=C(NC1CCN(C)CC1)c1n[nH]c2ccc(-c3cncc(CN4CCCCC4)c3)cc12.CC.CC. The molecule has 4 aromatic heterocycles. The van der Waals surface area contributed by atoms with Gasteiger partial charge in [-0.1, -0.05) is 85.1 Å². The summed E-state index contributed by atoms with van der Waals surface area (Å²) in [5.74, 6) is 0. The lowest BCUT2D eigenvalue weighted by Crippen LogP contribution is -2.40. The van der Waals surface area contributed by atoms with E-state index in [1.165, 1.54) is 119 Å². The van der Waals surface area contributed by atoms with Crippen molar-refractivity contribution in [1.29, 1.82) is 0 Å². The Labute approximate surface area is 401 Å². The van der Waals surface area contributed by atoms with Gasteiger partial charge >= 0.3 is 0 Å². The number of pyridine rings is 2. The molecule has 0 spiro atoms. The van der Waals surface area contributed by atoms with Crippen LogP contribution in [0, 0.1) is 0 Å². The molecule has 1 aliphatic carbocycles. The Morgan fingerprint density at radius 1 is 0.522 bits per heavy atom. The van der Waals surface area contributed by atoms with Crippen LogP contribution in [0.2, 0.25) is 0 Å². The van der Waals surface area contributed by atoms with Crippen LogP contribution in [0.5, 0.6) is 0 Å². The van der Waals surface area contributed by atoms with Crippen LogP contribution in [0.4, 0.5) is 0 Å². The van der Waals surface area contributed by atoms with Crippen molar-refractivity contribution in [1.82, 2.24) is 55.7 Å². The summed E-state index contributed by atoms with van der Waals surface area (Å²) in [7, 11) is 2.18. The first-order valence-electron chi connectivity index (χ1n) is 25.8. The molecule has 0 amide bonds. The van der Waals surface area contributed by atoms with Gasteiger partial charge in [-0.3, -0.25) is 30.0 Å². The zero-order valence-corrected chi connectivity index (χ0v) is 41.5. The third-order valence-electron chi connectivity index (χ3n) is 13.7. The number of aromatic nitrogens is 6. The largest absolute Gasteiger partial charge is 0.381 e. The Morgan fingerprint density at radius 3 is 1.39 bits per heavy atom. The van der Waals surface area contributed by atoms with Crippen LogP contribution in [-0.4, -0.2) is 103 Å². The molecule has 0 unspecified atom stereocenters. The van der Waals surface area contributed by atoms with Gasteiger partial charge in [0.15, 0.2) is 0 Å². The number of rotatable bonds is 12. The number of nitrogens with one attached hydrogen (secondary N) is 4. The summed E-state index contributed by atoms with van der Waals surface area (Å²) in [5, 5.41) is 25.0. The number of aromatic amines is 2. The smallest absolute Gasteiger partial charge is 0.115 e. The van der Waals surface area contributed by atoms with E-state index in [4.69, 9.17) is 0 Å². The predicted molar refractivity (Wildman–Crippen MR) is 281 cm³/mol. The van der Waals surface area contributed by atoms with Gasteiger partial charge in [-0.05, 0) is 156 Å². The molecule has 4 N–H and O–H groups in total. The van der Waals surface area contributed by atoms with E-state index < -0.39 is 0 Å². The molecular weight excluding hydrogens is 827 g/mol. The summed E-state index contributed by atoms with van der Waals surface area (Å²) < 4.78 is 0. The van der Waals surface area contributed by atoms with Crippen LogP contribution in [0.25, 0.3) is 55.5 Å². The fourth-order valence-corrected chi connectivity index (χ4v) is 10.1. The minimum absolute atomic E-state index is 0.462. The second kappa shape index (κ2) is 25.1. The van der Waals surface area contributed by atoms with E-state index in [1.807, 2.05) is 52.5 Å². The van der Waals surface area contributed by atoms with Gasteiger partial charge < -0.3 is 15.5 Å². The predicted octanol–water partition coefficient (Wildman–Crippen LogP) is 11.8. The number of fused-ring (bicyclic) bond motifs is 2. The van der Waals surface area contributed by atoms with Gasteiger partial charge in [-0.15, -0.1) is 0 Å². The van der Waals surface area contributed by atoms with Crippen LogP contribution in [0.1, 0.15) is 134 Å². The maximum atomic E-state index is 4.59. The molecular formula is C56H79N11. The first-order valence-corrected chi connectivity index (χ1v) is 25.8. The highest BCUT2D eigenvalue weighted by Crippen LogP contribution is 2.31. The Balaban J connectivity index is 0.000000185. The summed E-state index contributed by atoms with van der Waals surface area (Å²) in [6, 6.07) is 18.5. The molecule has 0 bridgehead atoms. The fourth-order valence-electron chi connectivity index (χ4n) is 10.1. The average Bonchev–Trinajstić information content (AvgIpc) is 4.02. The van der Waals surface area contributed by atoms with Crippen LogP contribution in [0.3, 0.4) is 0 Å². The lowest BCUT2D eigenvalue weighted by molar-refractivity contribution is 0.220. The molecule has 4 aliphatic rings. The molecule has 10 rings (SSSR count). The molecule has 67 heavy (non-hydrogen) atoms. The van der Waals surface area contributed by atoms with Crippen molar-refractivity contribution in [3.63, 3.8) is 0 Å². The Hall–Kier alpha value is -5.36. The molecule has 7 heterocycles. The quantitative estimate of drug-likeness (QED) is 0.0952. The monoisotopic (exact) mass is 906 g/mol. The Kier molecular flexibility index (Phi) is 18.6. The van der Waals surface area contributed by atoms with Crippen LogP contribution >= 0.6 is 0 Å². The second-order valence-electron chi connectivity index (χ2n) is 18.7. The molecule has 4 fully saturated rings. The third-order valence-corrected chi connectivity index (χ3v) is 13.7. The van der Waals surface area contributed by atoms with Crippen LogP contribution in [-0.2, 0) is 13.1 Å². The minimum atomic E-state index is 0.462. The lowest BCUT2D eigenvalue weighted by Gasteiger charge is -2.30. The van der Waals surface area contributed by atoms with Gasteiger partial charge in [0.05, 0.1) is 22.4 Å². The maximum absolute atomic E-state index is 4.59. The van der Waals surface area contributed by atoms with Gasteiger partial charge in [0.25, 0.3) is 0 Å². The third kappa shape index (κ3) is 13.4. The first-order chi connectivity index (χ1) is 32.9. The topological polar surface area (TPSA) is 117 Å². The Bertz CT molecular complexity index is 2460. The van der Waals surface area contributed by atoms with Gasteiger partial charge in [-0.2, -0.15) is 10.2 Å². The van der Waals surface area contributed by atoms with E-state index in [-0.39, 0.29) is 0 Å². The highest BCUT2D eigenvalue weighted by Gasteiger charge is 2.21. The number of hydrogen-bond acceptors (Lipinski definition) is 9. The van der Waals surface area contributed by atoms with Crippen molar-refractivity contribution >= 4 is 33.2 Å². The molecule has 3 aliphatic heterocycles. The number of piperidine rings is 3. The summed E-state index contributed by atoms with van der Waals surface area (Å²) in [4.78, 5) is 16.6. The van der Waals surface area contributed by atoms with Crippen molar-refractivity contribution in [2.45, 2.75) is 136 Å². The van der Waals surface area contributed by atoms with Crippen molar-refractivity contribution in [2.75, 3.05) is 46.3 Å². The van der Waals surface area contributed by atoms with Gasteiger partial charge in [0, 0.05) is 71.9 Å². The van der Waals surface area contributed by atoms with E-state index in [2.05, 4.69) is 124 Å². The standard InChI is InChI=1S/C26H34N6.C26H33N5.2C2H6/c1-19(28-23-8-12-31(2)13-9-23)26-24-15-21(6-7-25(24)29-30-26)22-14-20(16-27-17-22)18-32-10-4-3-5-11-32;1-19(28-23-8-4-2-5-9-23)26-24-15-21(10-11-25(24)29-30-26)22-14-20(16-27-17-22)18-31-12-6-3-7-13-31;2*1-2/h6-7,14-17,23,28H,1,3-5,8-13,18H2,2H3,(H,29,30);10-11,14-17,23,28H,1-9,12-13,18H2,(H,29,30);2*1-2H3. The van der Waals surface area contributed by atoms with E-state index in [9.17, 15) is 0 Å². The number of benzene rings is 2.